The summed E-state index contributed by atoms with van der Waals surface area (Å²) < 4.78 is 1.80. The molecule has 2 heterocycles. The van der Waals surface area contributed by atoms with E-state index in [1.807, 2.05) is 26.0 Å². The van der Waals surface area contributed by atoms with Gasteiger partial charge in [-0.25, -0.2) is 9.67 Å². The largest absolute Gasteiger partial charge is 0.342 e. The number of nitrogens with one attached hydrogen (secondary N) is 1. The normalized spacial score (nSPS) is 16.6. The standard InChI is InChI=1S/C19H27N5O/c1-3-24-18(20-14-21-24)15(2)22-19(25)17-9-7-16(8-10-17)13-23-11-5-4-6-12-23/h7-10,14-15H,3-6,11-13H2,1-2H3,(H,22,25)/t15-/m1/s1. The van der Waals surface area contributed by atoms with Crippen LogP contribution in [0, 0.1) is 0 Å². The van der Waals surface area contributed by atoms with Crippen molar-refractivity contribution >= 4 is 5.91 Å². The Bertz CT molecular complexity index is 688. The minimum atomic E-state index is -0.178. The van der Waals surface area contributed by atoms with Gasteiger partial charge in [0, 0.05) is 18.7 Å². The Balaban J connectivity index is 1.58. The third-order valence-corrected chi connectivity index (χ3v) is 4.75. The van der Waals surface area contributed by atoms with Crippen molar-refractivity contribution in [3.05, 3.63) is 47.5 Å². The molecule has 1 aromatic carbocycles. The monoisotopic (exact) mass is 341 g/mol. The van der Waals surface area contributed by atoms with Gasteiger partial charge in [-0.05, 0) is 57.5 Å². The number of benzene rings is 1. The lowest BCUT2D eigenvalue weighted by Crippen LogP contribution is -2.29. The van der Waals surface area contributed by atoms with Gasteiger partial charge in [-0.2, -0.15) is 5.10 Å². The quantitative estimate of drug-likeness (QED) is 0.877. The van der Waals surface area contributed by atoms with Crippen LogP contribution in [0.2, 0.25) is 0 Å². The summed E-state index contributed by atoms with van der Waals surface area (Å²) in [6.07, 6.45) is 5.46. The van der Waals surface area contributed by atoms with Crippen LogP contribution in [-0.4, -0.2) is 38.7 Å². The summed E-state index contributed by atoms with van der Waals surface area (Å²) in [5, 5.41) is 7.15. The van der Waals surface area contributed by atoms with Gasteiger partial charge >= 0.3 is 0 Å². The molecule has 1 aliphatic heterocycles. The summed E-state index contributed by atoms with van der Waals surface area (Å²) in [5.74, 6) is 0.695. The van der Waals surface area contributed by atoms with Crippen molar-refractivity contribution in [2.75, 3.05) is 13.1 Å². The molecule has 2 aromatic rings. The van der Waals surface area contributed by atoms with Crippen molar-refractivity contribution < 1.29 is 4.79 Å². The molecular weight excluding hydrogens is 314 g/mol. The fraction of sp³-hybridized carbons (Fsp3) is 0.526. The molecule has 1 atom stereocenters. The summed E-state index contributed by atoms with van der Waals surface area (Å²) in [6, 6.07) is 7.76. The number of nitrogens with zero attached hydrogens (tertiary/aromatic N) is 4. The van der Waals surface area contributed by atoms with E-state index in [1.54, 1.807) is 4.68 Å². The first-order valence-corrected chi connectivity index (χ1v) is 9.17. The number of carbonyl (C=O) groups excluding carboxylic acids is 1. The number of rotatable bonds is 6. The van der Waals surface area contributed by atoms with Crippen LogP contribution in [0.25, 0.3) is 0 Å². The minimum Gasteiger partial charge on any atom is -0.342 e. The van der Waals surface area contributed by atoms with Crippen molar-refractivity contribution in [2.24, 2.45) is 0 Å². The smallest absolute Gasteiger partial charge is 0.251 e. The van der Waals surface area contributed by atoms with E-state index in [9.17, 15) is 4.79 Å². The molecule has 134 valence electrons. The molecule has 0 aliphatic carbocycles. The van der Waals surface area contributed by atoms with E-state index in [4.69, 9.17) is 0 Å². The van der Waals surface area contributed by atoms with Crippen LogP contribution < -0.4 is 5.32 Å². The molecule has 6 heteroatoms. The lowest BCUT2D eigenvalue weighted by Gasteiger charge is -2.26. The maximum atomic E-state index is 12.5. The van der Waals surface area contributed by atoms with Crippen LogP contribution in [0.5, 0.6) is 0 Å². The van der Waals surface area contributed by atoms with Gasteiger partial charge in [0.25, 0.3) is 5.91 Å². The number of carbonyl (C=O) groups is 1. The Morgan fingerprint density at radius 3 is 2.60 bits per heavy atom. The molecule has 1 saturated heterocycles. The maximum absolute atomic E-state index is 12.5. The lowest BCUT2D eigenvalue weighted by atomic mass is 10.1. The van der Waals surface area contributed by atoms with Gasteiger partial charge in [0.2, 0.25) is 0 Å². The van der Waals surface area contributed by atoms with Gasteiger partial charge in [-0.1, -0.05) is 18.6 Å². The second kappa shape index (κ2) is 8.25. The van der Waals surface area contributed by atoms with Crippen LogP contribution >= 0.6 is 0 Å². The van der Waals surface area contributed by atoms with E-state index in [0.717, 1.165) is 18.9 Å². The van der Waals surface area contributed by atoms with Crippen molar-refractivity contribution in [3.8, 4) is 0 Å². The summed E-state index contributed by atoms with van der Waals surface area (Å²) in [6.45, 7) is 8.00. The first-order chi connectivity index (χ1) is 12.2. The summed E-state index contributed by atoms with van der Waals surface area (Å²) in [4.78, 5) is 19.2. The fourth-order valence-electron chi connectivity index (χ4n) is 3.33. The number of hydrogen-bond donors (Lipinski definition) is 1. The molecule has 0 bridgehead atoms. The predicted octanol–water partition coefficient (Wildman–Crippen LogP) is 2.77. The Morgan fingerprint density at radius 2 is 1.92 bits per heavy atom. The molecular formula is C19H27N5O. The van der Waals surface area contributed by atoms with Crippen LogP contribution in [0.3, 0.4) is 0 Å². The number of hydrogen-bond acceptors (Lipinski definition) is 4. The van der Waals surface area contributed by atoms with E-state index >= 15 is 0 Å². The van der Waals surface area contributed by atoms with E-state index in [-0.39, 0.29) is 11.9 Å². The molecule has 1 amide bonds. The minimum absolute atomic E-state index is 0.0809. The van der Waals surface area contributed by atoms with Gasteiger partial charge in [-0.15, -0.1) is 0 Å². The van der Waals surface area contributed by atoms with Gasteiger partial charge in [0.15, 0.2) is 0 Å². The van der Waals surface area contributed by atoms with Crippen molar-refractivity contribution in [1.82, 2.24) is 25.0 Å². The highest BCUT2D eigenvalue weighted by Crippen LogP contribution is 2.14. The second-order valence-corrected chi connectivity index (χ2v) is 6.66. The predicted molar refractivity (Wildman–Crippen MR) is 97.1 cm³/mol. The first-order valence-electron chi connectivity index (χ1n) is 9.17. The summed E-state index contributed by atoms with van der Waals surface area (Å²) in [5.41, 5.74) is 1.94. The molecule has 25 heavy (non-hydrogen) atoms. The zero-order chi connectivity index (χ0) is 17.6. The highest BCUT2D eigenvalue weighted by molar-refractivity contribution is 5.94. The zero-order valence-electron chi connectivity index (χ0n) is 15.1. The number of aryl methyl sites for hydroxylation is 1. The average molecular weight is 341 g/mol. The number of likely N-dealkylation sites (tertiary alicyclic amines) is 1. The van der Waals surface area contributed by atoms with E-state index in [0.29, 0.717) is 5.56 Å². The van der Waals surface area contributed by atoms with Crippen LogP contribution in [-0.2, 0) is 13.1 Å². The first kappa shape index (κ1) is 17.6. The Hall–Kier alpha value is -2.21. The van der Waals surface area contributed by atoms with Gasteiger partial charge in [0.1, 0.15) is 12.2 Å². The fourth-order valence-corrected chi connectivity index (χ4v) is 3.33. The molecule has 1 aliphatic rings. The second-order valence-electron chi connectivity index (χ2n) is 6.66. The SMILES string of the molecule is CCn1ncnc1[C@@H](C)NC(=O)c1ccc(CN2CCCCC2)cc1. The Labute approximate surface area is 149 Å². The number of amides is 1. The molecule has 0 unspecified atom stereocenters. The lowest BCUT2D eigenvalue weighted by molar-refractivity contribution is 0.0937. The van der Waals surface area contributed by atoms with Crippen molar-refractivity contribution in [1.29, 1.82) is 0 Å². The van der Waals surface area contributed by atoms with Gasteiger partial charge < -0.3 is 5.32 Å². The van der Waals surface area contributed by atoms with Crippen molar-refractivity contribution in [2.45, 2.75) is 52.2 Å². The molecule has 1 fully saturated rings. The highest BCUT2D eigenvalue weighted by Gasteiger charge is 2.16. The Kier molecular flexibility index (Phi) is 5.81. The number of piperidine rings is 1. The molecule has 0 saturated carbocycles. The molecule has 0 radical (unpaired) electrons. The highest BCUT2D eigenvalue weighted by atomic mass is 16.1. The molecule has 1 N–H and O–H groups in total. The van der Waals surface area contributed by atoms with E-state index in [2.05, 4.69) is 32.4 Å². The maximum Gasteiger partial charge on any atom is 0.251 e. The van der Waals surface area contributed by atoms with Crippen molar-refractivity contribution in [3.63, 3.8) is 0 Å². The molecule has 1 aromatic heterocycles. The third kappa shape index (κ3) is 4.45. The third-order valence-electron chi connectivity index (χ3n) is 4.75. The van der Waals surface area contributed by atoms with E-state index < -0.39 is 0 Å². The van der Waals surface area contributed by atoms with Crippen LogP contribution in [0.4, 0.5) is 0 Å². The van der Waals surface area contributed by atoms with Crippen LogP contribution in [0.1, 0.15) is 60.9 Å². The average Bonchev–Trinajstić information content (AvgIpc) is 3.12. The van der Waals surface area contributed by atoms with Gasteiger partial charge in [0.05, 0.1) is 6.04 Å². The number of aromatic nitrogens is 3. The topological polar surface area (TPSA) is 63.1 Å². The molecule has 3 rings (SSSR count). The zero-order valence-corrected chi connectivity index (χ0v) is 15.1. The molecule has 0 spiro atoms. The van der Waals surface area contributed by atoms with Crippen LogP contribution in [0.15, 0.2) is 30.6 Å². The Morgan fingerprint density at radius 1 is 1.20 bits per heavy atom. The summed E-state index contributed by atoms with van der Waals surface area (Å²) >= 11 is 0. The molecule has 6 nitrogen and oxygen atoms in total. The van der Waals surface area contributed by atoms with E-state index in [1.165, 1.54) is 44.2 Å². The van der Waals surface area contributed by atoms with Gasteiger partial charge in [-0.3, -0.25) is 9.69 Å². The summed E-state index contributed by atoms with van der Waals surface area (Å²) in [7, 11) is 0.